The second-order valence-corrected chi connectivity index (χ2v) is 9.25. The third kappa shape index (κ3) is 1.72. The van der Waals surface area contributed by atoms with Gasteiger partial charge in [-0.3, -0.25) is 4.90 Å². The number of methoxy groups -OCH3 is 1. The van der Waals surface area contributed by atoms with E-state index in [9.17, 15) is 9.90 Å². The van der Waals surface area contributed by atoms with Crippen LogP contribution in [0, 0.1) is 17.8 Å². The highest BCUT2D eigenvalue weighted by atomic mass is 16.7. The van der Waals surface area contributed by atoms with Crippen LogP contribution in [0.2, 0.25) is 0 Å². The first-order valence-corrected chi connectivity index (χ1v) is 10.6. The lowest BCUT2D eigenvalue weighted by Gasteiger charge is -2.49. The van der Waals surface area contributed by atoms with Crippen LogP contribution in [-0.4, -0.2) is 59.2 Å². The van der Waals surface area contributed by atoms with Gasteiger partial charge in [0.1, 0.15) is 5.76 Å². The standard InChI is InChI=1S/C22H27NO6/c1-5-6-14(24)21-13-7-8-23(21)12-9-15(21)28-22(13)16(12)10(2)18(29-22)19-17(26-4)11(3)20(25)27-19/h5,10,12-16,24H,1,6-9H2,2-4H3/b19-18-/t10-,12?,13?,14-,15?,16?,21?,22+/m0/s1. The largest absolute Gasteiger partial charge is 0.492 e. The topological polar surface area (TPSA) is 77.5 Å². The number of aliphatic hydroxyl groups is 1. The number of nitrogens with zero attached hydrogens (tertiary/aromatic N) is 1. The molecule has 6 rings (SSSR count). The summed E-state index contributed by atoms with van der Waals surface area (Å²) in [5.74, 6) is 0.547. The van der Waals surface area contributed by atoms with Gasteiger partial charge in [-0.1, -0.05) is 13.0 Å². The minimum absolute atomic E-state index is 0.0237. The zero-order valence-corrected chi connectivity index (χ0v) is 17.0. The summed E-state index contributed by atoms with van der Waals surface area (Å²) in [4.78, 5) is 14.7. The van der Waals surface area contributed by atoms with Gasteiger partial charge in [-0.25, -0.2) is 4.79 Å². The third-order valence-corrected chi connectivity index (χ3v) is 8.40. The van der Waals surface area contributed by atoms with Crippen molar-refractivity contribution in [2.75, 3.05) is 13.7 Å². The Morgan fingerprint density at radius 1 is 1.48 bits per heavy atom. The molecule has 0 aromatic rings. The van der Waals surface area contributed by atoms with Crippen LogP contribution in [0.5, 0.6) is 0 Å². The molecule has 6 unspecified atom stereocenters. The Kier molecular flexibility index (Phi) is 3.38. The number of hydrogen-bond donors (Lipinski definition) is 1. The summed E-state index contributed by atoms with van der Waals surface area (Å²) in [6.45, 7) is 8.62. The van der Waals surface area contributed by atoms with Gasteiger partial charge < -0.3 is 24.1 Å². The van der Waals surface area contributed by atoms with Crippen molar-refractivity contribution in [3.05, 3.63) is 35.5 Å². The highest BCUT2D eigenvalue weighted by molar-refractivity contribution is 5.93. The SMILES string of the molecule is C=CC[C@H](O)C12C3CC4C5[C@H](C)/C(=C6/OC(=O)C(C)=C6OC)O[C@]5(O3)C1CCN42. The van der Waals surface area contributed by atoms with Crippen LogP contribution in [0.25, 0.3) is 0 Å². The van der Waals surface area contributed by atoms with E-state index in [0.29, 0.717) is 29.3 Å². The zero-order valence-electron chi connectivity index (χ0n) is 17.0. The molecule has 1 spiro atoms. The lowest BCUT2D eigenvalue weighted by molar-refractivity contribution is -0.256. The molecule has 156 valence electrons. The van der Waals surface area contributed by atoms with Crippen LogP contribution in [0.3, 0.4) is 0 Å². The number of hydrogen-bond acceptors (Lipinski definition) is 7. The number of aliphatic hydroxyl groups excluding tert-OH is 1. The molecule has 7 heteroatoms. The van der Waals surface area contributed by atoms with E-state index < -0.39 is 23.4 Å². The van der Waals surface area contributed by atoms with E-state index in [0.717, 1.165) is 19.4 Å². The summed E-state index contributed by atoms with van der Waals surface area (Å²) in [5.41, 5.74) is 0.0491. The number of carbonyl (C=O) groups is 1. The summed E-state index contributed by atoms with van der Waals surface area (Å²) in [6.07, 6.45) is 3.58. The first kappa shape index (κ1) is 18.0. The Morgan fingerprint density at radius 2 is 2.28 bits per heavy atom. The van der Waals surface area contributed by atoms with Crippen molar-refractivity contribution in [2.45, 2.75) is 62.7 Å². The second kappa shape index (κ2) is 5.45. The molecule has 6 heterocycles. The van der Waals surface area contributed by atoms with Crippen LogP contribution in [0.4, 0.5) is 0 Å². The van der Waals surface area contributed by atoms with Crippen molar-refractivity contribution in [1.29, 1.82) is 0 Å². The van der Waals surface area contributed by atoms with Crippen molar-refractivity contribution >= 4 is 5.97 Å². The van der Waals surface area contributed by atoms with Crippen molar-refractivity contribution in [3.8, 4) is 0 Å². The Morgan fingerprint density at radius 3 is 3.00 bits per heavy atom. The summed E-state index contributed by atoms with van der Waals surface area (Å²) in [6, 6.07) is 0.285. The first-order chi connectivity index (χ1) is 13.9. The molecule has 0 amide bonds. The molecule has 5 saturated heterocycles. The van der Waals surface area contributed by atoms with Crippen LogP contribution >= 0.6 is 0 Å². The average Bonchev–Trinajstić information content (AvgIpc) is 3.40. The Hall–Kier alpha value is -1.83. The monoisotopic (exact) mass is 401 g/mol. The van der Waals surface area contributed by atoms with E-state index in [1.165, 1.54) is 0 Å². The van der Waals surface area contributed by atoms with Gasteiger partial charge >= 0.3 is 5.97 Å². The van der Waals surface area contributed by atoms with Crippen molar-refractivity contribution in [1.82, 2.24) is 4.90 Å². The maximum Gasteiger partial charge on any atom is 0.343 e. The molecule has 7 nitrogen and oxygen atoms in total. The highest BCUT2D eigenvalue weighted by Gasteiger charge is 2.85. The van der Waals surface area contributed by atoms with Gasteiger partial charge in [0.05, 0.1) is 36.3 Å². The van der Waals surface area contributed by atoms with Gasteiger partial charge in [-0.2, -0.15) is 0 Å². The highest BCUT2D eigenvalue weighted by Crippen LogP contribution is 2.73. The minimum Gasteiger partial charge on any atom is -0.492 e. The third-order valence-electron chi connectivity index (χ3n) is 8.40. The molecule has 0 saturated carbocycles. The molecule has 1 N–H and O–H groups in total. The molecule has 0 radical (unpaired) electrons. The van der Waals surface area contributed by atoms with E-state index >= 15 is 0 Å². The van der Waals surface area contributed by atoms with Crippen LogP contribution < -0.4 is 0 Å². The number of carbonyl (C=O) groups excluding carboxylic acids is 1. The fraction of sp³-hybridized carbons (Fsp3) is 0.682. The number of cyclic esters (lactones) is 1. The lowest BCUT2D eigenvalue weighted by Crippen LogP contribution is -2.65. The predicted octanol–water partition coefficient (Wildman–Crippen LogP) is 1.84. The predicted molar refractivity (Wildman–Crippen MR) is 101 cm³/mol. The van der Waals surface area contributed by atoms with Gasteiger partial charge in [0, 0.05) is 17.9 Å². The quantitative estimate of drug-likeness (QED) is 0.569. The van der Waals surface area contributed by atoms with Gasteiger partial charge in [-0.15, -0.1) is 6.58 Å². The van der Waals surface area contributed by atoms with Crippen LogP contribution in [-0.2, 0) is 23.7 Å². The number of allylic oxidation sites excluding steroid dienone is 1. The number of esters is 1. The van der Waals surface area contributed by atoms with Crippen molar-refractivity contribution in [3.63, 3.8) is 0 Å². The molecular weight excluding hydrogens is 374 g/mol. The van der Waals surface area contributed by atoms with E-state index in [4.69, 9.17) is 18.9 Å². The summed E-state index contributed by atoms with van der Waals surface area (Å²) in [5, 5.41) is 11.2. The maximum atomic E-state index is 12.2. The summed E-state index contributed by atoms with van der Waals surface area (Å²) >= 11 is 0. The van der Waals surface area contributed by atoms with E-state index in [1.54, 1.807) is 20.1 Å². The summed E-state index contributed by atoms with van der Waals surface area (Å²) < 4.78 is 24.4. The van der Waals surface area contributed by atoms with Crippen molar-refractivity contribution in [2.24, 2.45) is 17.8 Å². The molecule has 29 heavy (non-hydrogen) atoms. The molecule has 5 fully saturated rings. The molecule has 6 aliphatic heterocycles. The Balaban J connectivity index is 1.48. The Labute approximate surface area is 169 Å². The zero-order chi connectivity index (χ0) is 20.3. The van der Waals surface area contributed by atoms with Gasteiger partial charge in [-0.05, 0) is 32.7 Å². The van der Waals surface area contributed by atoms with Gasteiger partial charge in [0.15, 0.2) is 5.76 Å². The molecule has 9 atom stereocenters. The van der Waals surface area contributed by atoms with Crippen LogP contribution in [0.15, 0.2) is 35.5 Å². The smallest absolute Gasteiger partial charge is 0.343 e. The van der Waals surface area contributed by atoms with Gasteiger partial charge in [0.2, 0.25) is 11.5 Å². The molecule has 0 aromatic heterocycles. The molecule has 6 aliphatic rings. The normalized spacial score (nSPS) is 52.1. The lowest BCUT2D eigenvalue weighted by atomic mass is 9.68. The number of fused-ring (bicyclic) bond motifs is 1. The second-order valence-electron chi connectivity index (χ2n) is 9.25. The van der Waals surface area contributed by atoms with E-state index in [2.05, 4.69) is 18.4 Å². The molecule has 0 aliphatic carbocycles. The summed E-state index contributed by atoms with van der Waals surface area (Å²) in [7, 11) is 1.54. The molecular formula is C22H27NO6. The number of ether oxygens (including phenoxy) is 4. The average molecular weight is 401 g/mol. The first-order valence-electron chi connectivity index (χ1n) is 10.6. The number of piperidine rings is 1. The van der Waals surface area contributed by atoms with E-state index in [-0.39, 0.29) is 29.9 Å². The number of rotatable bonds is 4. The maximum absolute atomic E-state index is 12.2. The van der Waals surface area contributed by atoms with Crippen LogP contribution in [0.1, 0.15) is 33.1 Å². The fourth-order valence-corrected chi connectivity index (χ4v) is 7.58. The fourth-order valence-electron chi connectivity index (χ4n) is 7.58. The minimum atomic E-state index is -0.772. The Bertz CT molecular complexity index is 894. The molecule has 0 aromatic carbocycles. The van der Waals surface area contributed by atoms with E-state index in [1.807, 2.05) is 0 Å². The van der Waals surface area contributed by atoms with Gasteiger partial charge in [0.25, 0.3) is 0 Å². The van der Waals surface area contributed by atoms with Crippen molar-refractivity contribution < 1.29 is 28.8 Å². The molecule has 5 bridgehead atoms.